The van der Waals surface area contributed by atoms with Gasteiger partial charge in [0.2, 0.25) is 0 Å². The molecule has 7 nitrogen and oxygen atoms in total. The van der Waals surface area contributed by atoms with Crippen molar-refractivity contribution in [2.75, 3.05) is 19.8 Å². The molecule has 0 aliphatic carbocycles. The van der Waals surface area contributed by atoms with Gasteiger partial charge in [0.25, 0.3) is 0 Å². The Kier molecular flexibility index (Phi) is 7.60. The van der Waals surface area contributed by atoms with Crippen molar-refractivity contribution in [2.24, 2.45) is 0 Å². The molecule has 0 spiro atoms. The fraction of sp³-hybridized carbons (Fsp3) is 0.692. The zero-order valence-electron chi connectivity index (χ0n) is 21.7. The number of benzene rings is 1. The smallest absolute Gasteiger partial charge is 0.163 e. The molecule has 2 fully saturated rings. The van der Waals surface area contributed by atoms with Gasteiger partial charge in [0.15, 0.2) is 11.6 Å². The van der Waals surface area contributed by atoms with Gasteiger partial charge in [0, 0.05) is 8.07 Å². The molecule has 0 saturated carbocycles. The molecule has 190 valence electrons. The summed E-state index contributed by atoms with van der Waals surface area (Å²) < 4.78 is 31.5. The average Bonchev–Trinajstić information content (AvgIpc) is 3.26. The molecule has 3 aliphatic rings. The second-order valence-corrected chi connectivity index (χ2v) is 17.1. The van der Waals surface area contributed by atoms with Crippen LogP contribution in [0.25, 0.3) is 0 Å². The van der Waals surface area contributed by atoms with Gasteiger partial charge in [-0.2, -0.15) is 5.06 Å². The first-order valence-corrected chi connectivity index (χ1v) is 16.1. The van der Waals surface area contributed by atoms with Crippen molar-refractivity contribution in [2.45, 2.75) is 95.9 Å². The van der Waals surface area contributed by atoms with Gasteiger partial charge < -0.3 is 23.7 Å². The van der Waals surface area contributed by atoms with Crippen LogP contribution in [0, 0.1) is 0 Å². The molecule has 0 unspecified atom stereocenters. The van der Waals surface area contributed by atoms with Gasteiger partial charge in [-0.05, 0) is 45.4 Å². The highest BCUT2D eigenvalue weighted by Crippen LogP contribution is 2.40. The largest absolute Gasteiger partial charge is 0.497 e. The molecule has 0 bridgehead atoms. The van der Waals surface area contributed by atoms with E-state index in [0.29, 0.717) is 26.4 Å². The van der Waals surface area contributed by atoms with Gasteiger partial charge >= 0.3 is 0 Å². The van der Waals surface area contributed by atoms with Crippen molar-refractivity contribution >= 4 is 8.07 Å². The zero-order valence-corrected chi connectivity index (χ0v) is 22.7. The molecule has 34 heavy (non-hydrogen) atoms. The van der Waals surface area contributed by atoms with Crippen molar-refractivity contribution < 1.29 is 28.5 Å². The number of ether oxygens (including phenoxy) is 5. The van der Waals surface area contributed by atoms with E-state index in [1.54, 1.807) is 0 Å². The Morgan fingerprint density at radius 3 is 2.32 bits per heavy atom. The van der Waals surface area contributed by atoms with Crippen molar-refractivity contribution in [1.29, 1.82) is 0 Å². The van der Waals surface area contributed by atoms with Crippen LogP contribution < -0.4 is 0 Å². The lowest BCUT2D eigenvalue weighted by Crippen LogP contribution is -2.54. The van der Waals surface area contributed by atoms with E-state index < -0.39 is 19.6 Å². The van der Waals surface area contributed by atoms with Crippen molar-refractivity contribution in [3.63, 3.8) is 0 Å². The summed E-state index contributed by atoms with van der Waals surface area (Å²) in [7, 11) is -1.24. The van der Waals surface area contributed by atoms with E-state index in [0.717, 1.165) is 17.4 Å². The minimum atomic E-state index is -1.24. The summed E-state index contributed by atoms with van der Waals surface area (Å²) in [6, 6.07) is 11.1. The third-order valence-corrected chi connectivity index (χ3v) is 8.00. The lowest BCUT2D eigenvalue weighted by molar-refractivity contribution is -0.225. The molecule has 4 rings (SSSR count). The van der Waals surface area contributed by atoms with E-state index >= 15 is 0 Å². The molecule has 0 aromatic heterocycles. The summed E-state index contributed by atoms with van der Waals surface area (Å²) in [4.78, 5) is 6.18. The average molecular weight is 492 g/mol. The van der Waals surface area contributed by atoms with E-state index in [2.05, 4.69) is 31.8 Å². The van der Waals surface area contributed by atoms with Crippen LogP contribution in [0.5, 0.6) is 0 Å². The Balaban J connectivity index is 1.61. The van der Waals surface area contributed by atoms with E-state index in [1.807, 2.05) is 57.0 Å². The number of nitrogens with zero attached hydrogens (tertiary/aromatic N) is 1. The van der Waals surface area contributed by atoms with Crippen molar-refractivity contribution in [3.8, 4) is 0 Å². The molecular weight excluding hydrogens is 450 g/mol. The lowest BCUT2D eigenvalue weighted by atomic mass is 9.98. The highest BCUT2D eigenvalue weighted by molar-refractivity contribution is 6.76. The third-order valence-electron chi connectivity index (χ3n) is 6.30. The lowest BCUT2D eigenvalue weighted by Gasteiger charge is -2.40. The zero-order chi connectivity index (χ0) is 24.6. The topological polar surface area (TPSA) is 58.6 Å². The molecule has 4 atom stereocenters. The number of hydrogen-bond donors (Lipinski definition) is 0. The first-order valence-electron chi connectivity index (χ1n) is 12.4. The summed E-state index contributed by atoms with van der Waals surface area (Å²) in [5, 5.41) is 1.99. The predicted molar refractivity (Wildman–Crippen MR) is 133 cm³/mol. The Bertz CT molecular complexity index is 853. The van der Waals surface area contributed by atoms with Gasteiger partial charge in [-0.3, -0.25) is 4.84 Å². The second-order valence-electron chi connectivity index (χ2n) is 11.5. The quantitative estimate of drug-likeness (QED) is 0.488. The summed E-state index contributed by atoms with van der Waals surface area (Å²) in [6.07, 6.45) is 1.12. The second kappa shape index (κ2) is 10.0. The number of hydroxylamine groups is 2. The predicted octanol–water partition coefficient (Wildman–Crippen LogP) is 4.71. The van der Waals surface area contributed by atoms with Crippen LogP contribution in [0.15, 0.2) is 42.2 Å². The molecule has 2 saturated heterocycles. The maximum absolute atomic E-state index is 6.54. The highest BCUT2D eigenvalue weighted by Gasteiger charge is 2.55. The van der Waals surface area contributed by atoms with Crippen LogP contribution >= 0.6 is 0 Å². The van der Waals surface area contributed by atoms with Crippen LogP contribution in [-0.4, -0.2) is 68.9 Å². The summed E-state index contributed by atoms with van der Waals surface area (Å²) in [6.45, 7) is 17.1. The van der Waals surface area contributed by atoms with Crippen LogP contribution in [0.1, 0.15) is 33.3 Å². The van der Waals surface area contributed by atoms with E-state index in [4.69, 9.17) is 28.5 Å². The molecule has 1 aromatic carbocycles. The Labute approximate surface area is 205 Å². The Hall–Kier alpha value is -1.26. The summed E-state index contributed by atoms with van der Waals surface area (Å²) >= 11 is 0. The van der Waals surface area contributed by atoms with E-state index in [1.165, 1.54) is 0 Å². The van der Waals surface area contributed by atoms with Crippen LogP contribution in [0.2, 0.25) is 25.7 Å². The molecule has 3 heterocycles. The first kappa shape index (κ1) is 25.8. The highest BCUT2D eigenvalue weighted by atomic mass is 28.3. The van der Waals surface area contributed by atoms with Crippen molar-refractivity contribution in [3.05, 3.63) is 47.7 Å². The standard InChI is InChI=1S/C26H41NO6Si/c1-25(2)29-18-21(31-25)23-24(33-26(3,4)32-23)22-20(28-15-16-34(5,6)7)13-14-30-27(22)17-19-11-9-8-10-12-19/h8-13,21-24H,14-18H2,1-7H3/t21-,22+,23-,24-/m1/s1. The fourth-order valence-corrected chi connectivity index (χ4v) is 5.35. The first-order chi connectivity index (χ1) is 15.9. The van der Waals surface area contributed by atoms with Crippen LogP contribution in [0.4, 0.5) is 0 Å². The van der Waals surface area contributed by atoms with Crippen molar-refractivity contribution in [1.82, 2.24) is 5.06 Å². The summed E-state index contributed by atoms with van der Waals surface area (Å²) in [5.74, 6) is -0.523. The minimum Gasteiger partial charge on any atom is -0.497 e. The van der Waals surface area contributed by atoms with Gasteiger partial charge in [0.05, 0.1) is 26.4 Å². The Morgan fingerprint density at radius 1 is 0.971 bits per heavy atom. The molecule has 0 N–H and O–H groups in total. The third kappa shape index (κ3) is 6.49. The molecule has 8 heteroatoms. The molecular formula is C26H41NO6Si. The molecule has 0 radical (unpaired) electrons. The monoisotopic (exact) mass is 491 g/mol. The molecule has 1 aromatic rings. The van der Waals surface area contributed by atoms with Crippen LogP contribution in [0.3, 0.4) is 0 Å². The number of rotatable bonds is 8. The van der Waals surface area contributed by atoms with Gasteiger partial charge in [0.1, 0.15) is 30.1 Å². The number of hydrogen-bond acceptors (Lipinski definition) is 7. The van der Waals surface area contributed by atoms with E-state index in [9.17, 15) is 0 Å². The maximum atomic E-state index is 6.54. The Morgan fingerprint density at radius 2 is 1.68 bits per heavy atom. The summed E-state index contributed by atoms with van der Waals surface area (Å²) in [5.41, 5.74) is 1.16. The normalized spacial score (nSPS) is 31.4. The van der Waals surface area contributed by atoms with Gasteiger partial charge in [-0.15, -0.1) is 0 Å². The molecule has 3 aliphatic heterocycles. The maximum Gasteiger partial charge on any atom is 0.163 e. The van der Waals surface area contributed by atoms with Crippen LogP contribution in [-0.2, 0) is 35.1 Å². The van der Waals surface area contributed by atoms with Gasteiger partial charge in [-0.1, -0.05) is 50.0 Å². The van der Waals surface area contributed by atoms with Gasteiger partial charge in [-0.25, -0.2) is 0 Å². The minimum absolute atomic E-state index is 0.245. The van der Waals surface area contributed by atoms with E-state index in [-0.39, 0.29) is 24.4 Å². The SMILES string of the molecule is CC1(C)O[C@H]([C@H]2COC(C)(C)O2)[C@@H]([C@@H]2C(OCC[Si](C)(C)C)=CCON2Cc2ccccc2)O1. The molecule has 0 amide bonds. The fourth-order valence-electron chi connectivity index (χ4n) is 4.64.